The van der Waals surface area contributed by atoms with Crippen LogP contribution in [0.25, 0.3) is 0 Å². The van der Waals surface area contributed by atoms with Gasteiger partial charge in [-0.25, -0.2) is 0 Å². The molecule has 14 heavy (non-hydrogen) atoms. The predicted octanol–water partition coefficient (Wildman–Crippen LogP) is 1.81. The third-order valence-corrected chi connectivity index (χ3v) is 1.79. The first-order valence-electron chi connectivity index (χ1n) is 4.33. The van der Waals surface area contributed by atoms with Crippen molar-refractivity contribution >= 4 is 5.71 Å². The van der Waals surface area contributed by atoms with Gasteiger partial charge in [0.15, 0.2) is 11.6 Å². The summed E-state index contributed by atoms with van der Waals surface area (Å²) in [6.07, 6.45) is 0. The summed E-state index contributed by atoms with van der Waals surface area (Å²) in [5.41, 5.74) is -1.78. The second-order valence-corrected chi connectivity index (χ2v) is 4.66. The Bertz CT molecular complexity index is 334. The van der Waals surface area contributed by atoms with Gasteiger partial charge in [0.2, 0.25) is 0 Å². The highest BCUT2D eigenvalue weighted by Gasteiger charge is 2.35. The van der Waals surface area contributed by atoms with Gasteiger partial charge in [-0.15, -0.1) is 0 Å². The molecule has 0 saturated heterocycles. The molecule has 0 radical (unpaired) electrons. The molecule has 0 unspecified atom stereocenters. The highest BCUT2D eigenvalue weighted by atomic mass is 16.5. The molecule has 0 heterocycles. The maximum absolute atomic E-state index is 11.7. The van der Waals surface area contributed by atoms with Crippen molar-refractivity contribution in [2.45, 2.75) is 40.2 Å². The number of hydroxylamine groups is 1. The van der Waals surface area contributed by atoms with Gasteiger partial charge >= 0.3 is 0 Å². The van der Waals surface area contributed by atoms with E-state index in [0.717, 1.165) is 0 Å². The minimum Gasteiger partial charge on any atom is -0.623 e. The lowest BCUT2D eigenvalue weighted by molar-refractivity contribution is -0.537. The van der Waals surface area contributed by atoms with Gasteiger partial charge in [0.05, 0.1) is 6.07 Å². The van der Waals surface area contributed by atoms with E-state index in [9.17, 15) is 5.21 Å². The summed E-state index contributed by atoms with van der Waals surface area (Å²) in [5, 5.41) is 29.4. The third-order valence-electron chi connectivity index (χ3n) is 1.79. The van der Waals surface area contributed by atoms with Crippen LogP contribution in [-0.4, -0.2) is 16.0 Å². The Hall–Kier alpha value is -1.55. The molecule has 0 aromatic rings. The molecule has 0 aromatic heterocycles. The van der Waals surface area contributed by atoms with E-state index >= 15 is 0 Å². The van der Waals surface area contributed by atoms with E-state index in [1.165, 1.54) is 0 Å². The van der Waals surface area contributed by atoms with Crippen LogP contribution in [0.4, 0.5) is 0 Å². The lowest BCUT2D eigenvalue weighted by Crippen LogP contribution is -2.38. The molecule has 0 atom stereocenters. The highest BCUT2D eigenvalue weighted by Crippen LogP contribution is 2.18. The van der Waals surface area contributed by atoms with E-state index in [0.29, 0.717) is 4.74 Å². The monoisotopic (exact) mass is 193 g/mol. The highest BCUT2D eigenvalue weighted by molar-refractivity contribution is 6.00. The van der Waals surface area contributed by atoms with Crippen molar-refractivity contribution < 1.29 is 4.74 Å². The lowest BCUT2D eigenvalue weighted by atomic mass is 9.89. The Labute approximate surface area is 84.7 Å². The van der Waals surface area contributed by atoms with Gasteiger partial charge in [0, 0.05) is 20.8 Å². The average molecular weight is 193 g/mol. The SMILES string of the molecule is CC(C)(C#N)C(C#N)=[N+]([O-])C(C)(C)C. The van der Waals surface area contributed by atoms with Crippen LogP contribution in [0.2, 0.25) is 0 Å². The van der Waals surface area contributed by atoms with Crippen molar-refractivity contribution in [2.75, 3.05) is 0 Å². The first kappa shape index (κ1) is 12.4. The average Bonchev–Trinajstić information content (AvgIpc) is 2.03. The predicted molar refractivity (Wildman–Crippen MR) is 53.4 cm³/mol. The van der Waals surface area contributed by atoms with Crippen LogP contribution in [0, 0.1) is 33.3 Å². The molecule has 4 heteroatoms. The third kappa shape index (κ3) is 2.47. The molecule has 0 aliphatic carbocycles. The van der Waals surface area contributed by atoms with Crippen LogP contribution in [0.3, 0.4) is 0 Å². The molecule has 4 nitrogen and oxygen atoms in total. The van der Waals surface area contributed by atoms with Crippen molar-refractivity contribution in [1.29, 1.82) is 10.5 Å². The molecule has 0 spiro atoms. The molecule has 0 aliphatic rings. The molecule has 0 N–H and O–H groups in total. The number of nitrogens with zero attached hydrogens (tertiary/aromatic N) is 3. The maximum Gasteiger partial charge on any atom is 0.285 e. The van der Waals surface area contributed by atoms with Crippen molar-refractivity contribution in [3.63, 3.8) is 0 Å². The minimum atomic E-state index is -1.04. The van der Waals surface area contributed by atoms with Gasteiger partial charge in [0.1, 0.15) is 5.41 Å². The Morgan fingerprint density at radius 1 is 1.14 bits per heavy atom. The second kappa shape index (κ2) is 3.67. The summed E-state index contributed by atoms with van der Waals surface area (Å²) in [7, 11) is 0. The summed E-state index contributed by atoms with van der Waals surface area (Å²) in [4.78, 5) is 0. The second-order valence-electron chi connectivity index (χ2n) is 4.66. The molecule has 0 rings (SSSR count). The fourth-order valence-corrected chi connectivity index (χ4v) is 0.827. The van der Waals surface area contributed by atoms with Crippen molar-refractivity contribution in [3.05, 3.63) is 5.21 Å². The van der Waals surface area contributed by atoms with Crippen LogP contribution >= 0.6 is 0 Å². The van der Waals surface area contributed by atoms with Crippen molar-refractivity contribution in [1.82, 2.24) is 0 Å². The summed E-state index contributed by atoms with van der Waals surface area (Å²) < 4.78 is 0.607. The summed E-state index contributed by atoms with van der Waals surface area (Å²) >= 11 is 0. The fourth-order valence-electron chi connectivity index (χ4n) is 0.827. The van der Waals surface area contributed by atoms with E-state index in [2.05, 4.69) is 0 Å². The van der Waals surface area contributed by atoms with Crippen LogP contribution in [0.1, 0.15) is 34.6 Å². The number of hydrogen-bond donors (Lipinski definition) is 0. The zero-order chi connectivity index (χ0) is 11.6. The zero-order valence-electron chi connectivity index (χ0n) is 9.25. The van der Waals surface area contributed by atoms with E-state index in [1.807, 2.05) is 12.1 Å². The van der Waals surface area contributed by atoms with E-state index in [1.54, 1.807) is 34.6 Å². The molecular formula is C10H15N3O. The number of rotatable bonds is 1. The normalized spacial score (nSPS) is 13.9. The van der Waals surface area contributed by atoms with E-state index < -0.39 is 11.0 Å². The molecule has 0 aromatic carbocycles. The minimum absolute atomic E-state index is 0.0486. The van der Waals surface area contributed by atoms with Gasteiger partial charge in [-0.1, -0.05) is 0 Å². The van der Waals surface area contributed by atoms with Crippen LogP contribution in [-0.2, 0) is 0 Å². The first-order valence-corrected chi connectivity index (χ1v) is 4.33. The number of nitriles is 2. The molecule has 0 fully saturated rings. The van der Waals surface area contributed by atoms with Crippen LogP contribution < -0.4 is 0 Å². The molecule has 0 saturated carbocycles. The standard InChI is InChI=1S/C10H15N3O/c1-9(2,3)13(14)8(6-11)10(4,5)7-12/h1-5H3. The fraction of sp³-hybridized carbons (Fsp3) is 0.700. The van der Waals surface area contributed by atoms with Crippen molar-refractivity contribution in [2.24, 2.45) is 5.41 Å². The smallest absolute Gasteiger partial charge is 0.285 e. The Balaban J connectivity index is 5.55. The summed E-state index contributed by atoms with van der Waals surface area (Å²) in [6.45, 7) is 8.21. The molecule has 0 amide bonds. The van der Waals surface area contributed by atoms with Gasteiger partial charge in [0.25, 0.3) is 5.71 Å². The summed E-state index contributed by atoms with van der Waals surface area (Å²) in [5.74, 6) is 0. The zero-order valence-corrected chi connectivity index (χ0v) is 9.25. The largest absolute Gasteiger partial charge is 0.623 e. The van der Waals surface area contributed by atoms with E-state index in [4.69, 9.17) is 10.5 Å². The Morgan fingerprint density at radius 3 is 1.79 bits per heavy atom. The lowest BCUT2D eigenvalue weighted by Gasteiger charge is -2.23. The van der Waals surface area contributed by atoms with Gasteiger partial charge in [-0.3, -0.25) is 0 Å². The quantitative estimate of drug-likeness (QED) is 0.276. The summed E-state index contributed by atoms with van der Waals surface area (Å²) in [6, 6.07) is 3.75. The molecule has 0 aliphatic heterocycles. The molecule has 76 valence electrons. The molecule has 0 bridgehead atoms. The van der Waals surface area contributed by atoms with Gasteiger partial charge < -0.3 is 5.21 Å². The number of hydrogen-bond acceptors (Lipinski definition) is 3. The van der Waals surface area contributed by atoms with E-state index in [-0.39, 0.29) is 5.71 Å². The Morgan fingerprint density at radius 2 is 1.57 bits per heavy atom. The molecular weight excluding hydrogens is 178 g/mol. The first-order chi connectivity index (χ1) is 6.16. The van der Waals surface area contributed by atoms with Gasteiger partial charge in [-0.05, 0) is 13.8 Å². The van der Waals surface area contributed by atoms with Crippen LogP contribution in [0.5, 0.6) is 0 Å². The van der Waals surface area contributed by atoms with Crippen LogP contribution in [0.15, 0.2) is 0 Å². The maximum atomic E-state index is 11.7. The Kier molecular flexibility index (Phi) is 3.27. The van der Waals surface area contributed by atoms with Gasteiger partial charge in [-0.2, -0.15) is 15.3 Å². The van der Waals surface area contributed by atoms with Crippen molar-refractivity contribution in [3.8, 4) is 12.1 Å². The topological polar surface area (TPSA) is 73.6 Å².